The fraction of sp³-hybridized carbons (Fsp3) is 0.667. The van der Waals surface area contributed by atoms with Gasteiger partial charge in [0.25, 0.3) is 0 Å². The minimum absolute atomic E-state index is 0.206. The molecule has 3 nitrogen and oxygen atoms in total. The number of carbonyl (C=O) groups excluding carboxylic acids is 1. The van der Waals surface area contributed by atoms with E-state index in [2.05, 4.69) is 17.1 Å². The smallest absolute Gasteiger partial charge is 0.231 e. The van der Waals surface area contributed by atoms with Crippen molar-refractivity contribution in [3.63, 3.8) is 0 Å². The Morgan fingerprint density at radius 1 is 1.67 bits per heavy atom. The Bertz CT molecular complexity index is 225. The number of carbonyl (C=O) groups is 1. The standard InChI is InChI=1S/C9H14N2O/c10-9(12)6-11-5-4-7-2-1-3-8(7)11/h1-2,7-8H,3-6H2,(H2,10,12). The summed E-state index contributed by atoms with van der Waals surface area (Å²) < 4.78 is 0. The lowest BCUT2D eigenvalue weighted by Crippen LogP contribution is -2.37. The van der Waals surface area contributed by atoms with Crippen LogP contribution in [-0.2, 0) is 4.79 Å². The van der Waals surface area contributed by atoms with E-state index >= 15 is 0 Å². The Hall–Kier alpha value is -0.830. The normalized spacial score (nSPS) is 34.0. The van der Waals surface area contributed by atoms with E-state index in [9.17, 15) is 4.79 Å². The van der Waals surface area contributed by atoms with E-state index in [0.717, 1.165) is 13.0 Å². The van der Waals surface area contributed by atoms with Crippen molar-refractivity contribution in [3.8, 4) is 0 Å². The number of hydrogen-bond donors (Lipinski definition) is 1. The third-order valence-corrected chi connectivity index (χ3v) is 2.83. The second kappa shape index (κ2) is 2.90. The second-order valence-corrected chi connectivity index (χ2v) is 3.62. The van der Waals surface area contributed by atoms with Crippen LogP contribution in [0.25, 0.3) is 0 Å². The quantitative estimate of drug-likeness (QED) is 0.592. The van der Waals surface area contributed by atoms with Gasteiger partial charge in [-0.2, -0.15) is 0 Å². The summed E-state index contributed by atoms with van der Waals surface area (Å²) >= 11 is 0. The van der Waals surface area contributed by atoms with E-state index < -0.39 is 0 Å². The molecule has 2 N–H and O–H groups in total. The van der Waals surface area contributed by atoms with Gasteiger partial charge < -0.3 is 5.73 Å². The molecule has 0 aromatic rings. The zero-order valence-electron chi connectivity index (χ0n) is 7.07. The van der Waals surface area contributed by atoms with Gasteiger partial charge in [-0.15, -0.1) is 0 Å². The Balaban J connectivity index is 1.97. The minimum Gasteiger partial charge on any atom is -0.369 e. The van der Waals surface area contributed by atoms with Gasteiger partial charge in [0.1, 0.15) is 0 Å². The van der Waals surface area contributed by atoms with Gasteiger partial charge in [-0.25, -0.2) is 0 Å². The molecule has 2 aliphatic rings. The number of rotatable bonds is 2. The fourth-order valence-electron chi connectivity index (χ4n) is 2.28. The molecule has 1 aliphatic heterocycles. The Morgan fingerprint density at radius 2 is 2.50 bits per heavy atom. The van der Waals surface area contributed by atoms with Crippen LogP contribution in [-0.4, -0.2) is 29.9 Å². The SMILES string of the molecule is NC(=O)CN1CCC2C=CCC21. The largest absolute Gasteiger partial charge is 0.369 e. The van der Waals surface area contributed by atoms with E-state index in [-0.39, 0.29) is 5.91 Å². The molecule has 2 atom stereocenters. The molecule has 2 rings (SSSR count). The third kappa shape index (κ3) is 1.25. The molecule has 1 aliphatic carbocycles. The lowest BCUT2D eigenvalue weighted by molar-refractivity contribution is -0.119. The summed E-state index contributed by atoms with van der Waals surface area (Å²) in [4.78, 5) is 12.9. The van der Waals surface area contributed by atoms with Crippen LogP contribution in [0.3, 0.4) is 0 Å². The van der Waals surface area contributed by atoms with E-state index in [4.69, 9.17) is 5.73 Å². The zero-order valence-corrected chi connectivity index (χ0v) is 7.07. The molecule has 0 spiro atoms. The molecule has 3 heteroatoms. The van der Waals surface area contributed by atoms with Crippen molar-refractivity contribution in [3.05, 3.63) is 12.2 Å². The van der Waals surface area contributed by atoms with Crippen LogP contribution in [0.5, 0.6) is 0 Å². The summed E-state index contributed by atoms with van der Waals surface area (Å²) in [6.45, 7) is 1.46. The van der Waals surface area contributed by atoms with Gasteiger partial charge in [0.15, 0.2) is 0 Å². The van der Waals surface area contributed by atoms with Crippen LogP contribution in [0.15, 0.2) is 12.2 Å². The molecular formula is C9H14N2O. The monoisotopic (exact) mass is 166 g/mol. The predicted molar refractivity (Wildman–Crippen MR) is 46.4 cm³/mol. The second-order valence-electron chi connectivity index (χ2n) is 3.62. The summed E-state index contributed by atoms with van der Waals surface area (Å²) in [5.41, 5.74) is 5.15. The predicted octanol–water partition coefficient (Wildman–Crippen LogP) is 0.122. The molecular weight excluding hydrogens is 152 g/mol. The average Bonchev–Trinajstić information content (AvgIpc) is 2.52. The van der Waals surface area contributed by atoms with E-state index in [1.807, 2.05) is 0 Å². The van der Waals surface area contributed by atoms with Gasteiger partial charge >= 0.3 is 0 Å². The minimum atomic E-state index is -0.206. The van der Waals surface area contributed by atoms with Crippen LogP contribution in [0.2, 0.25) is 0 Å². The first-order valence-electron chi connectivity index (χ1n) is 4.46. The average molecular weight is 166 g/mol. The highest BCUT2D eigenvalue weighted by Gasteiger charge is 2.34. The Kier molecular flexibility index (Phi) is 1.89. The van der Waals surface area contributed by atoms with E-state index in [1.165, 1.54) is 6.42 Å². The highest BCUT2D eigenvalue weighted by molar-refractivity contribution is 5.76. The molecule has 2 unspecified atom stereocenters. The number of fused-ring (bicyclic) bond motifs is 1. The first kappa shape index (κ1) is 7.80. The van der Waals surface area contributed by atoms with E-state index in [0.29, 0.717) is 18.5 Å². The van der Waals surface area contributed by atoms with Gasteiger partial charge in [0, 0.05) is 6.04 Å². The zero-order chi connectivity index (χ0) is 8.55. The van der Waals surface area contributed by atoms with Crippen LogP contribution in [0.4, 0.5) is 0 Å². The van der Waals surface area contributed by atoms with Crippen molar-refractivity contribution in [2.45, 2.75) is 18.9 Å². The summed E-state index contributed by atoms with van der Waals surface area (Å²) in [6, 6.07) is 0.567. The number of likely N-dealkylation sites (tertiary alicyclic amines) is 1. The topological polar surface area (TPSA) is 46.3 Å². The summed E-state index contributed by atoms with van der Waals surface area (Å²) in [5.74, 6) is 0.479. The number of hydrogen-bond acceptors (Lipinski definition) is 2. The van der Waals surface area contributed by atoms with Crippen molar-refractivity contribution in [2.24, 2.45) is 11.7 Å². The Morgan fingerprint density at radius 3 is 3.25 bits per heavy atom. The van der Waals surface area contributed by atoms with Crippen LogP contribution in [0, 0.1) is 5.92 Å². The molecule has 0 aromatic heterocycles. The molecule has 1 amide bonds. The van der Waals surface area contributed by atoms with E-state index in [1.54, 1.807) is 0 Å². The fourth-order valence-corrected chi connectivity index (χ4v) is 2.28. The number of amides is 1. The van der Waals surface area contributed by atoms with Crippen molar-refractivity contribution in [1.82, 2.24) is 4.90 Å². The van der Waals surface area contributed by atoms with Crippen molar-refractivity contribution in [1.29, 1.82) is 0 Å². The summed E-state index contributed by atoms with van der Waals surface area (Å²) in [7, 11) is 0. The lowest BCUT2D eigenvalue weighted by Gasteiger charge is -2.21. The molecule has 0 radical (unpaired) electrons. The first-order valence-corrected chi connectivity index (χ1v) is 4.46. The molecule has 1 saturated heterocycles. The molecule has 1 fully saturated rings. The van der Waals surface area contributed by atoms with Gasteiger partial charge in [-0.05, 0) is 25.3 Å². The maximum Gasteiger partial charge on any atom is 0.231 e. The van der Waals surface area contributed by atoms with Gasteiger partial charge in [0.05, 0.1) is 6.54 Å². The molecule has 0 bridgehead atoms. The third-order valence-electron chi connectivity index (χ3n) is 2.83. The van der Waals surface area contributed by atoms with Gasteiger partial charge in [-0.3, -0.25) is 9.69 Å². The summed E-state index contributed by atoms with van der Waals surface area (Å²) in [6.07, 6.45) is 6.76. The molecule has 0 aromatic carbocycles. The van der Waals surface area contributed by atoms with Gasteiger partial charge in [0.2, 0.25) is 5.91 Å². The van der Waals surface area contributed by atoms with Crippen LogP contribution < -0.4 is 5.73 Å². The van der Waals surface area contributed by atoms with Crippen molar-refractivity contribution < 1.29 is 4.79 Å². The van der Waals surface area contributed by atoms with Crippen molar-refractivity contribution in [2.75, 3.05) is 13.1 Å². The van der Waals surface area contributed by atoms with Gasteiger partial charge in [-0.1, -0.05) is 12.2 Å². The Labute approximate surface area is 72.2 Å². The number of nitrogens with two attached hydrogens (primary N) is 1. The number of nitrogens with zero attached hydrogens (tertiary/aromatic N) is 1. The molecule has 12 heavy (non-hydrogen) atoms. The maximum atomic E-state index is 10.7. The molecule has 0 saturated carbocycles. The highest BCUT2D eigenvalue weighted by Crippen LogP contribution is 2.32. The van der Waals surface area contributed by atoms with Crippen LogP contribution in [0.1, 0.15) is 12.8 Å². The first-order chi connectivity index (χ1) is 5.77. The molecule has 66 valence electrons. The highest BCUT2D eigenvalue weighted by atomic mass is 16.1. The van der Waals surface area contributed by atoms with Crippen LogP contribution >= 0.6 is 0 Å². The maximum absolute atomic E-state index is 10.7. The van der Waals surface area contributed by atoms with Crippen molar-refractivity contribution >= 4 is 5.91 Å². The number of primary amides is 1. The lowest BCUT2D eigenvalue weighted by atomic mass is 10.1. The summed E-state index contributed by atoms with van der Waals surface area (Å²) in [5, 5.41) is 0. The molecule has 1 heterocycles.